The molecule has 0 unspecified atom stereocenters. The first-order valence-corrected chi connectivity index (χ1v) is 33.2. The van der Waals surface area contributed by atoms with E-state index in [0.29, 0.717) is 73.1 Å². The van der Waals surface area contributed by atoms with Crippen molar-refractivity contribution in [3.63, 3.8) is 0 Å². The predicted octanol–water partition coefficient (Wildman–Crippen LogP) is 21.6. The van der Waals surface area contributed by atoms with E-state index in [2.05, 4.69) is 248 Å². The summed E-state index contributed by atoms with van der Waals surface area (Å²) in [5.74, 6) is -1.87. The molecular weight excluding hydrogens is 1260 g/mol. The molecule has 0 spiro atoms. The normalized spacial score (nSPS) is 9.14. The van der Waals surface area contributed by atoms with Crippen molar-refractivity contribution in [1.29, 1.82) is 0 Å². The van der Waals surface area contributed by atoms with E-state index in [0.717, 1.165) is 18.4 Å². The molecule has 9 aromatic rings. The molecule has 0 radical (unpaired) electrons. The van der Waals surface area contributed by atoms with Crippen molar-refractivity contribution < 1.29 is 57.2 Å². The van der Waals surface area contributed by atoms with Gasteiger partial charge in [0.25, 0.3) is 0 Å². The Morgan fingerprint density at radius 3 is 0.574 bits per heavy atom. The lowest BCUT2D eigenvalue weighted by atomic mass is 10.1. The van der Waals surface area contributed by atoms with Crippen LogP contribution in [0.4, 0.5) is 0 Å². The van der Waals surface area contributed by atoms with E-state index in [-0.39, 0.29) is 35.8 Å². The maximum absolute atomic E-state index is 11.0. The van der Waals surface area contributed by atoms with Crippen LogP contribution in [0.5, 0.6) is 0 Å². The molecule has 0 saturated heterocycles. The van der Waals surface area contributed by atoms with Crippen LogP contribution in [-0.4, -0.2) is 68.9 Å². The number of benzene rings is 9. The largest absolute Gasteiger partial charge is 0.463 e. The monoisotopic (exact) mass is 1360 g/mol. The van der Waals surface area contributed by atoms with Gasteiger partial charge in [-0.05, 0) is 125 Å². The lowest BCUT2D eigenvalue weighted by molar-refractivity contribution is -0.140. The van der Waals surface area contributed by atoms with E-state index in [1.807, 2.05) is 80.6 Å². The van der Waals surface area contributed by atoms with E-state index in [1.165, 1.54) is 44.2 Å². The van der Waals surface area contributed by atoms with Gasteiger partial charge in [-0.25, -0.2) is 28.8 Å². The Kier molecular flexibility index (Phi) is 51.0. The third-order valence-electron chi connectivity index (χ3n) is 12.3. The smallest absolute Gasteiger partial charge is 0.333 e. The average Bonchev–Trinajstić information content (AvgIpc) is 1.22. The van der Waals surface area contributed by atoms with Crippen LogP contribution in [0.2, 0.25) is 0 Å². The summed E-state index contributed by atoms with van der Waals surface area (Å²) in [5.41, 5.74) is 11.3. The summed E-state index contributed by atoms with van der Waals surface area (Å²) in [6.45, 7) is 42.1. The number of rotatable bonds is 18. The predicted molar refractivity (Wildman–Crippen MR) is 417 cm³/mol. The van der Waals surface area contributed by atoms with Gasteiger partial charge in [-0.3, -0.25) is 0 Å². The minimum Gasteiger partial charge on any atom is -0.463 e. The zero-order valence-corrected chi connectivity index (χ0v) is 61.1. The standard InChI is InChI=1S/3C12H10.C11H12O2.C10H8.2C7H12O2.3C6H10O2/c3*1-3-7-11(8-4-1)12-9-5-2-6-10-12;1-9(2)11(12)13-8-10-6-4-3-5-7-10;1-2-6-10-8-4-3-7-9(10)5-1;2*1-4-5-9-7(8)6(2)3;3*1-4-8-6(7)5(2)3/h3*1-10H;3-7H,1,8H2,2H3;1-8H;2*2,4-5H2,1,3H3;3*2,4H2,1,3H3. The van der Waals surface area contributed by atoms with Crippen LogP contribution in [0.1, 0.15) is 94.6 Å². The Morgan fingerprint density at radius 2 is 0.406 bits per heavy atom. The van der Waals surface area contributed by atoms with Gasteiger partial charge in [0.1, 0.15) is 6.61 Å². The quantitative estimate of drug-likeness (QED) is 0.0455. The number of fused-ring (bicyclic) bond motifs is 1. The van der Waals surface area contributed by atoms with Crippen LogP contribution in [0.3, 0.4) is 0 Å². The third kappa shape index (κ3) is 45.6. The molecule has 0 N–H and O–H groups in total. The number of esters is 6. The van der Waals surface area contributed by atoms with Crippen molar-refractivity contribution in [2.75, 3.05) is 33.0 Å². The zero-order valence-electron chi connectivity index (χ0n) is 61.1. The number of hydrogen-bond donors (Lipinski definition) is 0. The van der Waals surface area contributed by atoms with Crippen molar-refractivity contribution in [1.82, 2.24) is 0 Å². The number of hydrogen-bond acceptors (Lipinski definition) is 12. The molecule has 0 atom stereocenters. The fourth-order valence-corrected chi connectivity index (χ4v) is 7.16. The highest BCUT2D eigenvalue weighted by atomic mass is 16.5. The van der Waals surface area contributed by atoms with Crippen LogP contribution < -0.4 is 0 Å². The van der Waals surface area contributed by atoms with E-state index < -0.39 is 0 Å². The van der Waals surface area contributed by atoms with Gasteiger partial charge in [0.15, 0.2) is 0 Å². The second-order valence-electron chi connectivity index (χ2n) is 21.7. The van der Waals surface area contributed by atoms with Gasteiger partial charge in [0.2, 0.25) is 0 Å². The van der Waals surface area contributed by atoms with Crippen LogP contribution >= 0.6 is 0 Å². The van der Waals surface area contributed by atoms with Crippen molar-refractivity contribution in [3.05, 3.63) is 339 Å². The van der Waals surface area contributed by atoms with Crippen molar-refractivity contribution >= 4 is 46.6 Å². The Labute approximate surface area is 602 Å². The highest BCUT2D eigenvalue weighted by Crippen LogP contribution is 2.20. The molecule has 12 heteroatoms. The van der Waals surface area contributed by atoms with E-state index in [1.54, 1.807) is 62.3 Å². The van der Waals surface area contributed by atoms with Gasteiger partial charge in [-0.1, -0.05) is 314 Å². The second kappa shape index (κ2) is 57.6. The lowest BCUT2D eigenvalue weighted by Crippen LogP contribution is -2.04. The molecule has 9 rings (SSSR count). The molecule has 12 nitrogen and oxygen atoms in total. The average molecular weight is 1370 g/mol. The molecule has 0 aliphatic carbocycles. The van der Waals surface area contributed by atoms with Crippen LogP contribution in [-0.2, 0) is 63.8 Å². The molecule has 0 saturated carbocycles. The Balaban J connectivity index is 0.00000111. The first kappa shape index (κ1) is 89.5. The van der Waals surface area contributed by atoms with Gasteiger partial charge >= 0.3 is 35.8 Å². The number of carbonyl (C=O) groups excluding carboxylic acids is 6. The minimum absolute atomic E-state index is 0.295. The summed E-state index contributed by atoms with van der Waals surface area (Å²) >= 11 is 0. The molecule has 101 heavy (non-hydrogen) atoms. The SMILES string of the molecule is C=C(C)C(=O)OCC.C=C(C)C(=O)OCC.C=C(C)C(=O)OCC.C=C(C)C(=O)OCCC.C=C(C)C(=O)OCCC.C=C(C)C(=O)OCc1ccccc1.c1ccc(-c2ccccc2)cc1.c1ccc(-c2ccccc2)cc1.c1ccc(-c2ccccc2)cc1.c1ccc2ccccc2c1. The van der Waals surface area contributed by atoms with Gasteiger partial charge in [0, 0.05) is 33.4 Å². The molecule has 0 aliphatic heterocycles. The molecule has 532 valence electrons. The molecule has 0 aliphatic rings. The van der Waals surface area contributed by atoms with Gasteiger partial charge in [0.05, 0.1) is 33.0 Å². The summed E-state index contributed by atoms with van der Waals surface area (Å²) in [5, 5.41) is 2.62. The minimum atomic E-state index is -0.344. The van der Waals surface area contributed by atoms with Gasteiger partial charge in [-0.2, -0.15) is 0 Å². The molecule has 0 bridgehead atoms. The molecule has 0 aromatic heterocycles. The summed E-state index contributed by atoms with van der Waals surface area (Å²) < 4.78 is 28.1. The second-order valence-corrected chi connectivity index (χ2v) is 21.7. The fourth-order valence-electron chi connectivity index (χ4n) is 7.16. The zero-order chi connectivity index (χ0) is 75.4. The Hall–Kier alpha value is -11.5. The van der Waals surface area contributed by atoms with Crippen molar-refractivity contribution in [2.45, 2.75) is 95.6 Å². The summed E-state index contributed by atoms with van der Waals surface area (Å²) in [6, 6.07) is 88.6. The first-order valence-electron chi connectivity index (χ1n) is 33.2. The molecule has 0 heterocycles. The van der Waals surface area contributed by atoms with Crippen LogP contribution in [0.25, 0.3) is 44.2 Å². The maximum Gasteiger partial charge on any atom is 0.333 e. The molecular formula is C89H104O12. The first-order chi connectivity index (χ1) is 48.5. The van der Waals surface area contributed by atoms with E-state index in [9.17, 15) is 28.8 Å². The van der Waals surface area contributed by atoms with Crippen LogP contribution in [0, 0.1) is 0 Å². The van der Waals surface area contributed by atoms with Crippen molar-refractivity contribution in [2.24, 2.45) is 0 Å². The van der Waals surface area contributed by atoms with E-state index >= 15 is 0 Å². The highest BCUT2D eigenvalue weighted by molar-refractivity contribution is 5.89. The van der Waals surface area contributed by atoms with Crippen molar-refractivity contribution in [3.8, 4) is 33.4 Å². The Morgan fingerprint density at radius 1 is 0.238 bits per heavy atom. The topological polar surface area (TPSA) is 158 Å². The third-order valence-corrected chi connectivity index (χ3v) is 12.3. The van der Waals surface area contributed by atoms with Gasteiger partial charge in [-0.15, -0.1) is 0 Å². The summed E-state index contributed by atoms with van der Waals surface area (Å²) in [4.78, 5) is 63.4. The molecule has 9 aromatic carbocycles. The Bertz CT molecular complexity index is 3360. The van der Waals surface area contributed by atoms with E-state index in [4.69, 9.17) is 14.2 Å². The maximum atomic E-state index is 11.0. The molecule has 0 fully saturated rings. The lowest BCUT2D eigenvalue weighted by Gasteiger charge is -2.03. The number of carbonyl (C=O) groups is 6. The highest BCUT2D eigenvalue weighted by Gasteiger charge is 2.04. The fraction of sp³-hybridized carbons (Fsp3) is 0.213. The van der Waals surface area contributed by atoms with Crippen LogP contribution in [0.15, 0.2) is 334 Å². The van der Waals surface area contributed by atoms with Gasteiger partial charge < -0.3 is 28.4 Å². The summed E-state index contributed by atoms with van der Waals surface area (Å²) in [7, 11) is 0. The number of ether oxygens (including phenoxy) is 6. The summed E-state index contributed by atoms with van der Waals surface area (Å²) in [6.07, 6.45) is 1.72. The molecule has 0 amide bonds.